The number of pyridine rings is 1. The summed E-state index contributed by atoms with van der Waals surface area (Å²) in [6.45, 7) is 3.07. The van der Waals surface area contributed by atoms with Crippen LogP contribution in [0.3, 0.4) is 0 Å². The van der Waals surface area contributed by atoms with Crippen LogP contribution in [0.4, 0.5) is 5.69 Å². The van der Waals surface area contributed by atoms with Gasteiger partial charge in [-0.15, -0.1) is 11.8 Å². The van der Waals surface area contributed by atoms with Gasteiger partial charge in [0.15, 0.2) is 0 Å². The summed E-state index contributed by atoms with van der Waals surface area (Å²) in [5.74, 6) is 1.48. The van der Waals surface area contributed by atoms with Crippen LogP contribution in [0.15, 0.2) is 78.0 Å². The van der Waals surface area contributed by atoms with E-state index in [0.717, 1.165) is 41.3 Å². The van der Waals surface area contributed by atoms with E-state index < -0.39 is 0 Å². The van der Waals surface area contributed by atoms with Gasteiger partial charge in [0.05, 0.1) is 16.8 Å². The van der Waals surface area contributed by atoms with E-state index in [1.807, 2.05) is 30.3 Å². The van der Waals surface area contributed by atoms with Gasteiger partial charge in [0.1, 0.15) is 5.82 Å². The van der Waals surface area contributed by atoms with E-state index in [2.05, 4.69) is 52.1 Å². The lowest BCUT2D eigenvalue weighted by atomic mass is 10.1. The first-order chi connectivity index (χ1) is 14.7. The number of benzene rings is 2. The molecule has 4 aromatic rings. The summed E-state index contributed by atoms with van der Waals surface area (Å²) in [7, 11) is 0. The molecule has 0 fully saturated rings. The molecule has 2 heterocycles. The highest BCUT2D eigenvalue weighted by Crippen LogP contribution is 2.19. The number of amides is 1. The molecule has 1 amide bonds. The van der Waals surface area contributed by atoms with Crippen molar-refractivity contribution in [2.45, 2.75) is 31.2 Å². The minimum Gasteiger partial charge on any atom is -0.328 e. The third-order valence-electron chi connectivity index (χ3n) is 4.94. The number of thioether (sulfide) groups is 1. The number of aromatic nitrogens is 3. The predicted molar refractivity (Wildman–Crippen MR) is 123 cm³/mol. The fraction of sp³-hybridized carbons (Fsp3) is 0.208. The van der Waals surface area contributed by atoms with Crippen LogP contribution in [0.25, 0.3) is 11.0 Å². The molecule has 0 aliphatic rings. The van der Waals surface area contributed by atoms with Crippen molar-refractivity contribution in [3.05, 3.63) is 84.4 Å². The Labute approximate surface area is 180 Å². The first-order valence-corrected chi connectivity index (χ1v) is 11.1. The molecule has 0 spiro atoms. The Hall–Kier alpha value is -3.12. The monoisotopic (exact) mass is 416 g/mol. The largest absolute Gasteiger partial charge is 0.328 e. The lowest BCUT2D eigenvalue weighted by Crippen LogP contribution is -2.13. The SMILES string of the molecule is CCn1c(CCc2ccc(NC(=O)CSc3ccncc3)cc2)nc2ccccc21. The third kappa shape index (κ3) is 4.89. The van der Waals surface area contributed by atoms with Crippen LogP contribution in [0.1, 0.15) is 18.3 Å². The topological polar surface area (TPSA) is 59.8 Å². The van der Waals surface area contributed by atoms with Crippen molar-refractivity contribution in [1.29, 1.82) is 0 Å². The quantitative estimate of drug-likeness (QED) is 0.412. The molecule has 0 atom stereocenters. The molecule has 0 unspecified atom stereocenters. The molecule has 4 rings (SSSR count). The van der Waals surface area contributed by atoms with Gasteiger partial charge in [0.25, 0.3) is 0 Å². The smallest absolute Gasteiger partial charge is 0.234 e. The molecule has 5 nitrogen and oxygen atoms in total. The average molecular weight is 417 g/mol. The second-order valence-electron chi connectivity index (χ2n) is 6.98. The number of fused-ring (bicyclic) bond motifs is 1. The number of aryl methyl sites for hydroxylation is 3. The van der Waals surface area contributed by atoms with Crippen LogP contribution in [-0.4, -0.2) is 26.2 Å². The van der Waals surface area contributed by atoms with Crippen LogP contribution in [-0.2, 0) is 24.2 Å². The molecule has 6 heteroatoms. The fourth-order valence-electron chi connectivity index (χ4n) is 3.46. The van der Waals surface area contributed by atoms with Gasteiger partial charge >= 0.3 is 0 Å². The van der Waals surface area contributed by atoms with Crippen molar-refractivity contribution in [1.82, 2.24) is 14.5 Å². The predicted octanol–water partition coefficient (Wildman–Crippen LogP) is 4.97. The highest BCUT2D eigenvalue weighted by atomic mass is 32.2. The molecule has 1 N–H and O–H groups in total. The van der Waals surface area contributed by atoms with Gasteiger partial charge in [-0.2, -0.15) is 0 Å². The van der Waals surface area contributed by atoms with Crippen molar-refractivity contribution >= 4 is 34.4 Å². The Morgan fingerprint density at radius 2 is 1.77 bits per heavy atom. The molecule has 0 aliphatic heterocycles. The van der Waals surface area contributed by atoms with E-state index in [-0.39, 0.29) is 5.91 Å². The second kappa shape index (κ2) is 9.59. The normalized spacial score (nSPS) is 11.0. The molecule has 2 aromatic heterocycles. The first kappa shape index (κ1) is 20.2. The molecule has 0 aliphatic carbocycles. The van der Waals surface area contributed by atoms with Crippen molar-refractivity contribution in [2.75, 3.05) is 11.1 Å². The van der Waals surface area contributed by atoms with E-state index >= 15 is 0 Å². The molecule has 0 radical (unpaired) electrons. The van der Waals surface area contributed by atoms with Crippen molar-refractivity contribution in [3.8, 4) is 0 Å². The summed E-state index contributed by atoms with van der Waals surface area (Å²) in [6.07, 6.45) is 5.26. The average Bonchev–Trinajstić information content (AvgIpc) is 3.15. The summed E-state index contributed by atoms with van der Waals surface area (Å²) in [6, 6.07) is 20.2. The van der Waals surface area contributed by atoms with Crippen LogP contribution in [0, 0.1) is 0 Å². The number of carbonyl (C=O) groups excluding carboxylic acids is 1. The highest BCUT2D eigenvalue weighted by Gasteiger charge is 2.09. The number of imidazole rings is 1. The molecule has 0 bridgehead atoms. The molecule has 2 aromatic carbocycles. The second-order valence-corrected chi connectivity index (χ2v) is 8.03. The van der Waals surface area contributed by atoms with Gasteiger partial charge in [-0.25, -0.2) is 4.98 Å². The standard InChI is InChI=1S/C24H24N4OS/c1-2-28-22-6-4-3-5-21(22)27-23(28)12-9-18-7-10-19(11-8-18)26-24(29)17-30-20-13-15-25-16-14-20/h3-8,10-11,13-16H,2,9,12,17H2,1H3,(H,26,29). The Bertz CT molecular complexity index is 1120. The number of nitrogens with one attached hydrogen (secondary N) is 1. The van der Waals surface area contributed by atoms with Gasteiger partial charge < -0.3 is 9.88 Å². The van der Waals surface area contributed by atoms with Gasteiger partial charge in [-0.05, 0) is 55.3 Å². The summed E-state index contributed by atoms with van der Waals surface area (Å²) in [4.78, 5) is 22.0. The van der Waals surface area contributed by atoms with Gasteiger partial charge in [-0.1, -0.05) is 24.3 Å². The molecule has 152 valence electrons. The number of hydrogen-bond acceptors (Lipinski definition) is 4. The summed E-state index contributed by atoms with van der Waals surface area (Å²) in [5.41, 5.74) is 4.29. The Morgan fingerprint density at radius 3 is 2.53 bits per heavy atom. The zero-order valence-corrected chi connectivity index (χ0v) is 17.7. The van der Waals surface area contributed by atoms with Gasteiger partial charge in [0.2, 0.25) is 5.91 Å². The Morgan fingerprint density at radius 1 is 1.00 bits per heavy atom. The van der Waals surface area contributed by atoms with Crippen LogP contribution < -0.4 is 5.32 Å². The summed E-state index contributed by atoms with van der Waals surface area (Å²) in [5, 5.41) is 2.96. The Balaban J connectivity index is 1.32. The van der Waals surface area contributed by atoms with E-state index in [9.17, 15) is 4.79 Å². The molecule has 30 heavy (non-hydrogen) atoms. The molecular formula is C24H24N4OS. The maximum Gasteiger partial charge on any atom is 0.234 e. The Kier molecular flexibility index (Phi) is 6.44. The first-order valence-electron chi connectivity index (χ1n) is 10.1. The lowest BCUT2D eigenvalue weighted by Gasteiger charge is -2.08. The number of anilines is 1. The maximum absolute atomic E-state index is 12.2. The highest BCUT2D eigenvalue weighted by molar-refractivity contribution is 8.00. The van der Waals surface area contributed by atoms with E-state index in [0.29, 0.717) is 5.75 Å². The zero-order valence-electron chi connectivity index (χ0n) is 16.9. The van der Waals surface area contributed by atoms with E-state index in [4.69, 9.17) is 4.98 Å². The van der Waals surface area contributed by atoms with Crippen LogP contribution in [0.5, 0.6) is 0 Å². The van der Waals surface area contributed by atoms with Gasteiger partial charge in [0, 0.05) is 35.9 Å². The molecular weight excluding hydrogens is 392 g/mol. The molecule has 0 saturated heterocycles. The third-order valence-corrected chi connectivity index (χ3v) is 5.96. The van der Waals surface area contributed by atoms with Crippen molar-refractivity contribution < 1.29 is 4.79 Å². The molecule has 0 saturated carbocycles. The number of nitrogens with zero attached hydrogens (tertiary/aromatic N) is 3. The maximum atomic E-state index is 12.2. The van der Waals surface area contributed by atoms with E-state index in [1.54, 1.807) is 12.4 Å². The number of carbonyl (C=O) groups is 1. The van der Waals surface area contributed by atoms with Gasteiger partial charge in [-0.3, -0.25) is 9.78 Å². The number of para-hydroxylation sites is 2. The minimum absolute atomic E-state index is 0.0128. The summed E-state index contributed by atoms with van der Waals surface area (Å²) >= 11 is 1.50. The van der Waals surface area contributed by atoms with E-state index in [1.165, 1.54) is 22.8 Å². The van der Waals surface area contributed by atoms with Crippen LogP contribution >= 0.6 is 11.8 Å². The van der Waals surface area contributed by atoms with Crippen molar-refractivity contribution in [3.63, 3.8) is 0 Å². The zero-order chi connectivity index (χ0) is 20.8. The van der Waals surface area contributed by atoms with Crippen LogP contribution in [0.2, 0.25) is 0 Å². The number of hydrogen-bond donors (Lipinski definition) is 1. The summed E-state index contributed by atoms with van der Waals surface area (Å²) < 4.78 is 2.28. The lowest BCUT2D eigenvalue weighted by molar-refractivity contribution is -0.113. The minimum atomic E-state index is -0.0128. The fourth-order valence-corrected chi connectivity index (χ4v) is 4.14. The number of rotatable bonds is 8. The van der Waals surface area contributed by atoms with Crippen molar-refractivity contribution in [2.24, 2.45) is 0 Å².